The summed E-state index contributed by atoms with van der Waals surface area (Å²) in [5, 5.41) is 9.74. The van der Waals surface area contributed by atoms with E-state index in [2.05, 4.69) is 0 Å². The normalized spacial score (nSPS) is 13.0. The van der Waals surface area contributed by atoms with Crippen LogP contribution in [0.5, 0.6) is 0 Å². The van der Waals surface area contributed by atoms with Crippen LogP contribution in [-0.4, -0.2) is 30.5 Å². The Morgan fingerprint density at radius 3 is 2.43 bits per heavy atom. The summed E-state index contributed by atoms with van der Waals surface area (Å²) in [5.74, 6) is -1.43. The van der Waals surface area contributed by atoms with Gasteiger partial charge in [-0.15, -0.1) is 11.3 Å². The summed E-state index contributed by atoms with van der Waals surface area (Å²) < 4.78 is 24.6. The second kappa shape index (κ2) is 6.87. The minimum absolute atomic E-state index is 0.00292. The van der Waals surface area contributed by atoms with Crippen molar-refractivity contribution in [3.05, 3.63) is 58.3 Å². The molecule has 0 aliphatic rings. The highest BCUT2D eigenvalue weighted by atomic mass is 32.2. The number of hydrogen-bond acceptors (Lipinski definition) is 4. The first kappa shape index (κ1) is 15.7. The van der Waals surface area contributed by atoms with Gasteiger partial charge < -0.3 is 5.11 Å². The Morgan fingerprint density at radius 1 is 1.14 bits per heavy atom. The van der Waals surface area contributed by atoms with Crippen LogP contribution in [0, 0.1) is 0 Å². The van der Waals surface area contributed by atoms with Gasteiger partial charge in [-0.1, -0.05) is 36.4 Å². The van der Waals surface area contributed by atoms with E-state index in [0.29, 0.717) is 12.0 Å². The molecular weight excluding hydrogens is 308 g/mol. The number of carboxylic acids is 1. The predicted molar refractivity (Wildman–Crippen MR) is 83.4 cm³/mol. The number of carbonyl (C=O) groups is 1. The predicted octanol–water partition coefficient (Wildman–Crippen LogP) is 2.40. The first-order valence-corrected chi connectivity index (χ1v) is 9.09. The summed E-state index contributed by atoms with van der Waals surface area (Å²) in [4.78, 5) is 12.3. The van der Waals surface area contributed by atoms with Crippen LogP contribution < -0.4 is 0 Å². The first-order valence-electron chi connectivity index (χ1n) is 6.50. The molecule has 0 radical (unpaired) electrons. The van der Waals surface area contributed by atoms with E-state index < -0.39 is 21.1 Å². The molecule has 1 atom stereocenters. The Morgan fingerprint density at radius 2 is 1.86 bits per heavy atom. The summed E-state index contributed by atoms with van der Waals surface area (Å²) in [6.45, 7) is 0. The number of hydrogen-bond donors (Lipinski definition) is 1. The van der Waals surface area contributed by atoms with Crippen molar-refractivity contribution in [3.8, 4) is 0 Å². The summed E-state index contributed by atoms with van der Waals surface area (Å²) in [6, 6.07) is 12.5. The van der Waals surface area contributed by atoms with Crippen LogP contribution in [0.1, 0.15) is 10.4 Å². The largest absolute Gasteiger partial charge is 0.480 e. The summed E-state index contributed by atoms with van der Waals surface area (Å²) >= 11 is 1.48. The molecule has 0 aliphatic heterocycles. The van der Waals surface area contributed by atoms with E-state index >= 15 is 0 Å². The third-order valence-corrected chi connectivity index (χ3v) is 6.13. The van der Waals surface area contributed by atoms with Crippen molar-refractivity contribution < 1.29 is 18.3 Å². The average Bonchev–Trinajstić information content (AvgIpc) is 2.97. The minimum Gasteiger partial charge on any atom is -0.480 e. The van der Waals surface area contributed by atoms with Crippen LogP contribution in [0.25, 0.3) is 0 Å². The second-order valence-corrected chi connectivity index (χ2v) is 8.05. The molecule has 1 aromatic heterocycles. The van der Waals surface area contributed by atoms with Crippen LogP contribution >= 0.6 is 11.3 Å². The zero-order valence-electron chi connectivity index (χ0n) is 11.3. The Kier molecular flexibility index (Phi) is 5.14. The quantitative estimate of drug-likeness (QED) is 0.849. The third-order valence-electron chi connectivity index (χ3n) is 3.19. The minimum atomic E-state index is -3.69. The van der Waals surface area contributed by atoms with Crippen molar-refractivity contribution in [2.45, 2.75) is 18.1 Å². The molecule has 0 fully saturated rings. The third kappa shape index (κ3) is 4.41. The molecule has 4 nitrogen and oxygen atoms in total. The molecule has 1 N–H and O–H groups in total. The zero-order chi connectivity index (χ0) is 15.3. The second-order valence-electron chi connectivity index (χ2n) is 4.71. The molecule has 21 heavy (non-hydrogen) atoms. The fraction of sp³-hybridized carbons (Fsp3) is 0.267. The van der Waals surface area contributed by atoms with Gasteiger partial charge in [0.15, 0.2) is 15.1 Å². The maximum absolute atomic E-state index is 12.3. The van der Waals surface area contributed by atoms with Crippen LogP contribution in [0.15, 0.2) is 47.8 Å². The van der Waals surface area contributed by atoms with E-state index in [9.17, 15) is 18.3 Å². The van der Waals surface area contributed by atoms with Gasteiger partial charge in [-0.25, -0.2) is 8.42 Å². The molecule has 0 amide bonds. The van der Waals surface area contributed by atoms with Crippen molar-refractivity contribution in [2.75, 3.05) is 5.75 Å². The van der Waals surface area contributed by atoms with Crippen LogP contribution in [-0.2, 0) is 27.5 Å². The molecule has 0 spiro atoms. The van der Waals surface area contributed by atoms with E-state index in [0.717, 1.165) is 4.88 Å². The average molecular weight is 324 g/mol. The standard InChI is InChI=1S/C15H16O4S2/c16-15(17)14(11-12-5-2-1-3-6-12)21(18,19)10-8-13-7-4-9-20-13/h1-7,9,14H,8,10-11H2,(H,16,17). The summed E-state index contributed by atoms with van der Waals surface area (Å²) in [6.07, 6.45) is 0.363. The lowest BCUT2D eigenvalue weighted by atomic mass is 10.1. The SMILES string of the molecule is O=C(O)C(Cc1ccccc1)S(=O)(=O)CCc1cccs1. The topological polar surface area (TPSA) is 71.4 Å². The van der Waals surface area contributed by atoms with Gasteiger partial charge in [0.2, 0.25) is 0 Å². The zero-order valence-corrected chi connectivity index (χ0v) is 12.9. The van der Waals surface area contributed by atoms with Crippen molar-refractivity contribution >= 4 is 27.1 Å². The number of rotatable bonds is 7. The van der Waals surface area contributed by atoms with E-state index in [1.807, 2.05) is 23.6 Å². The van der Waals surface area contributed by atoms with Crippen molar-refractivity contribution in [2.24, 2.45) is 0 Å². The fourth-order valence-corrected chi connectivity index (χ4v) is 4.42. The molecule has 0 saturated carbocycles. The van der Waals surface area contributed by atoms with Gasteiger partial charge in [0, 0.05) is 4.88 Å². The van der Waals surface area contributed by atoms with Gasteiger partial charge in [0.1, 0.15) is 0 Å². The number of aliphatic carboxylic acids is 1. The van der Waals surface area contributed by atoms with Crippen molar-refractivity contribution in [1.82, 2.24) is 0 Å². The lowest BCUT2D eigenvalue weighted by Crippen LogP contribution is -2.34. The van der Waals surface area contributed by atoms with Gasteiger partial charge in [0.25, 0.3) is 0 Å². The van der Waals surface area contributed by atoms with Crippen molar-refractivity contribution in [3.63, 3.8) is 0 Å². The van der Waals surface area contributed by atoms with E-state index in [-0.39, 0.29) is 12.2 Å². The van der Waals surface area contributed by atoms with Gasteiger partial charge in [0.05, 0.1) is 5.75 Å². The Balaban J connectivity index is 2.11. The Hall–Kier alpha value is -1.66. The van der Waals surface area contributed by atoms with Gasteiger partial charge in [-0.3, -0.25) is 4.79 Å². The van der Waals surface area contributed by atoms with Crippen molar-refractivity contribution in [1.29, 1.82) is 0 Å². The van der Waals surface area contributed by atoms with Gasteiger partial charge in [-0.05, 0) is 29.9 Å². The number of benzene rings is 1. The maximum Gasteiger partial charge on any atom is 0.322 e. The van der Waals surface area contributed by atoms with E-state index in [1.165, 1.54) is 11.3 Å². The Bertz CT molecular complexity index is 676. The molecule has 1 heterocycles. The molecule has 1 unspecified atom stereocenters. The number of carboxylic acid groups (broad SMARTS) is 1. The summed E-state index contributed by atoms with van der Waals surface area (Å²) in [7, 11) is -3.69. The molecular formula is C15H16O4S2. The lowest BCUT2D eigenvalue weighted by Gasteiger charge is -2.13. The number of aryl methyl sites for hydroxylation is 1. The fourth-order valence-electron chi connectivity index (χ4n) is 2.04. The molecule has 0 saturated heterocycles. The Labute approximate surface area is 128 Å². The van der Waals surface area contributed by atoms with E-state index in [1.54, 1.807) is 24.3 Å². The molecule has 2 rings (SSSR count). The van der Waals surface area contributed by atoms with Crippen LogP contribution in [0.2, 0.25) is 0 Å². The maximum atomic E-state index is 12.3. The highest BCUT2D eigenvalue weighted by molar-refractivity contribution is 7.92. The molecule has 0 bridgehead atoms. The van der Waals surface area contributed by atoms with Crippen LogP contribution in [0.3, 0.4) is 0 Å². The first-order chi connectivity index (χ1) is 9.99. The molecule has 6 heteroatoms. The van der Waals surface area contributed by atoms with Gasteiger partial charge in [-0.2, -0.15) is 0 Å². The monoisotopic (exact) mass is 324 g/mol. The molecule has 1 aromatic carbocycles. The summed E-state index contributed by atoms with van der Waals surface area (Å²) in [5.41, 5.74) is 0.713. The number of sulfone groups is 1. The molecule has 112 valence electrons. The highest BCUT2D eigenvalue weighted by Gasteiger charge is 2.32. The number of thiophene rings is 1. The smallest absolute Gasteiger partial charge is 0.322 e. The van der Waals surface area contributed by atoms with Gasteiger partial charge >= 0.3 is 5.97 Å². The van der Waals surface area contributed by atoms with Crippen LogP contribution in [0.4, 0.5) is 0 Å². The highest BCUT2D eigenvalue weighted by Crippen LogP contribution is 2.15. The molecule has 2 aromatic rings. The van der Waals surface area contributed by atoms with E-state index in [4.69, 9.17) is 0 Å². The molecule has 0 aliphatic carbocycles. The lowest BCUT2D eigenvalue weighted by molar-refractivity contribution is -0.136.